The molecule has 0 aromatic heterocycles. The van der Waals surface area contributed by atoms with Gasteiger partial charge in [-0.15, -0.1) is 6.58 Å². The molecule has 74 valence electrons. The molecule has 1 saturated heterocycles. The average molecular weight is 185 g/mol. The molecule has 1 aliphatic heterocycles. The zero-order valence-electron chi connectivity index (χ0n) is 7.79. The molecule has 0 aromatic rings. The number of hydrogen-bond donors (Lipinski definition) is 1. The zero-order chi connectivity index (χ0) is 9.68. The summed E-state index contributed by atoms with van der Waals surface area (Å²) in [4.78, 5) is 11.3. The Morgan fingerprint density at radius 2 is 2.23 bits per heavy atom. The van der Waals surface area contributed by atoms with Gasteiger partial charge in [0.15, 0.2) is 6.29 Å². The molecule has 1 aliphatic rings. The van der Waals surface area contributed by atoms with Crippen LogP contribution in [0.4, 0.5) is 0 Å². The van der Waals surface area contributed by atoms with Gasteiger partial charge in [-0.25, -0.2) is 0 Å². The van der Waals surface area contributed by atoms with Gasteiger partial charge in [-0.1, -0.05) is 6.08 Å². The summed E-state index contributed by atoms with van der Waals surface area (Å²) in [5.74, 6) is -0.219. The van der Waals surface area contributed by atoms with Crippen LogP contribution in [-0.4, -0.2) is 32.0 Å². The number of amides is 1. The van der Waals surface area contributed by atoms with Crippen LogP contribution in [0.2, 0.25) is 0 Å². The fourth-order valence-corrected chi connectivity index (χ4v) is 1.07. The summed E-state index contributed by atoms with van der Waals surface area (Å²) in [7, 11) is 0. The van der Waals surface area contributed by atoms with E-state index < -0.39 is 0 Å². The first-order valence-corrected chi connectivity index (χ1v) is 4.36. The van der Waals surface area contributed by atoms with Gasteiger partial charge in [0.05, 0.1) is 19.1 Å². The molecule has 1 fully saturated rings. The SMILES string of the molecule is C=CCNC(=O)C1COC(C)OC1. The highest BCUT2D eigenvalue weighted by Crippen LogP contribution is 2.10. The fraction of sp³-hybridized carbons (Fsp3) is 0.667. The van der Waals surface area contributed by atoms with Crippen LogP contribution in [0.3, 0.4) is 0 Å². The maximum absolute atomic E-state index is 11.3. The maximum Gasteiger partial charge on any atom is 0.228 e. The first-order valence-electron chi connectivity index (χ1n) is 4.36. The molecule has 1 rings (SSSR count). The van der Waals surface area contributed by atoms with E-state index >= 15 is 0 Å². The molecule has 1 heterocycles. The quantitative estimate of drug-likeness (QED) is 0.643. The van der Waals surface area contributed by atoms with Crippen molar-refractivity contribution in [1.29, 1.82) is 0 Å². The summed E-state index contributed by atoms with van der Waals surface area (Å²) in [5.41, 5.74) is 0. The minimum Gasteiger partial charge on any atom is -0.352 e. The fourth-order valence-electron chi connectivity index (χ4n) is 1.07. The van der Waals surface area contributed by atoms with Crippen LogP contribution < -0.4 is 5.32 Å². The molecule has 0 spiro atoms. The van der Waals surface area contributed by atoms with Crippen LogP contribution in [0.1, 0.15) is 6.92 Å². The van der Waals surface area contributed by atoms with Crippen LogP contribution in [-0.2, 0) is 14.3 Å². The summed E-state index contributed by atoms with van der Waals surface area (Å²) in [6.07, 6.45) is 1.45. The lowest BCUT2D eigenvalue weighted by molar-refractivity contribution is -0.192. The van der Waals surface area contributed by atoms with Crippen molar-refractivity contribution in [2.24, 2.45) is 5.92 Å². The number of ether oxygens (including phenoxy) is 2. The van der Waals surface area contributed by atoms with Crippen molar-refractivity contribution >= 4 is 5.91 Å². The molecule has 13 heavy (non-hydrogen) atoms. The molecule has 0 aliphatic carbocycles. The normalized spacial score (nSPS) is 28.1. The lowest BCUT2D eigenvalue weighted by Gasteiger charge is -2.26. The molecule has 0 aromatic carbocycles. The second-order valence-corrected chi connectivity index (χ2v) is 2.97. The number of carbonyl (C=O) groups is 1. The monoisotopic (exact) mass is 185 g/mol. The van der Waals surface area contributed by atoms with E-state index in [1.165, 1.54) is 0 Å². The van der Waals surface area contributed by atoms with E-state index in [2.05, 4.69) is 11.9 Å². The number of hydrogen-bond acceptors (Lipinski definition) is 3. The van der Waals surface area contributed by atoms with E-state index in [1.807, 2.05) is 6.92 Å². The molecule has 0 atom stereocenters. The van der Waals surface area contributed by atoms with Gasteiger partial charge in [0.1, 0.15) is 0 Å². The maximum atomic E-state index is 11.3. The average Bonchev–Trinajstić information content (AvgIpc) is 2.15. The van der Waals surface area contributed by atoms with E-state index in [9.17, 15) is 4.79 Å². The molecule has 0 unspecified atom stereocenters. The van der Waals surface area contributed by atoms with Crippen molar-refractivity contribution in [1.82, 2.24) is 5.32 Å². The van der Waals surface area contributed by atoms with Gasteiger partial charge >= 0.3 is 0 Å². The van der Waals surface area contributed by atoms with Crippen molar-refractivity contribution in [2.75, 3.05) is 19.8 Å². The number of rotatable bonds is 3. The molecule has 4 heteroatoms. The first kappa shape index (κ1) is 10.2. The Hall–Kier alpha value is -0.870. The molecule has 0 radical (unpaired) electrons. The summed E-state index contributed by atoms with van der Waals surface area (Å²) in [6, 6.07) is 0. The van der Waals surface area contributed by atoms with E-state index in [0.717, 1.165) is 0 Å². The Morgan fingerprint density at radius 3 is 2.77 bits per heavy atom. The van der Waals surface area contributed by atoms with Crippen molar-refractivity contribution in [3.8, 4) is 0 Å². The predicted molar refractivity (Wildman–Crippen MR) is 48.1 cm³/mol. The van der Waals surface area contributed by atoms with Gasteiger partial charge in [-0.2, -0.15) is 0 Å². The van der Waals surface area contributed by atoms with Crippen LogP contribution >= 0.6 is 0 Å². The standard InChI is InChI=1S/C9H15NO3/c1-3-4-10-9(11)8-5-12-7(2)13-6-8/h3,7-8H,1,4-6H2,2H3,(H,10,11). The number of nitrogens with one attached hydrogen (secondary N) is 1. The van der Waals surface area contributed by atoms with E-state index in [-0.39, 0.29) is 18.1 Å². The van der Waals surface area contributed by atoms with Gasteiger partial charge < -0.3 is 14.8 Å². The van der Waals surface area contributed by atoms with E-state index in [0.29, 0.717) is 19.8 Å². The molecule has 4 nitrogen and oxygen atoms in total. The van der Waals surface area contributed by atoms with Gasteiger partial charge in [-0.05, 0) is 6.92 Å². The Balaban J connectivity index is 2.27. The predicted octanol–water partition coefficient (Wildman–Crippen LogP) is 0.298. The summed E-state index contributed by atoms with van der Waals surface area (Å²) in [5, 5.41) is 2.70. The van der Waals surface area contributed by atoms with Crippen LogP contribution in [0.5, 0.6) is 0 Å². The second-order valence-electron chi connectivity index (χ2n) is 2.97. The van der Waals surface area contributed by atoms with Crippen LogP contribution in [0.15, 0.2) is 12.7 Å². The van der Waals surface area contributed by atoms with Crippen LogP contribution in [0, 0.1) is 5.92 Å². The van der Waals surface area contributed by atoms with Gasteiger partial charge in [0.2, 0.25) is 5.91 Å². The first-order chi connectivity index (χ1) is 6.24. The molecule has 0 bridgehead atoms. The Kier molecular flexibility index (Phi) is 3.92. The molecule has 1 N–H and O–H groups in total. The molecular formula is C9H15NO3. The van der Waals surface area contributed by atoms with Gasteiger partial charge in [-0.3, -0.25) is 4.79 Å². The van der Waals surface area contributed by atoms with Gasteiger partial charge in [0, 0.05) is 6.54 Å². The van der Waals surface area contributed by atoms with Crippen molar-refractivity contribution in [2.45, 2.75) is 13.2 Å². The second kappa shape index (κ2) is 4.99. The summed E-state index contributed by atoms with van der Waals surface area (Å²) < 4.78 is 10.4. The Labute approximate surface area is 77.9 Å². The molecule has 1 amide bonds. The zero-order valence-corrected chi connectivity index (χ0v) is 7.79. The summed E-state index contributed by atoms with van der Waals surface area (Å²) >= 11 is 0. The van der Waals surface area contributed by atoms with Crippen LogP contribution in [0.25, 0.3) is 0 Å². The van der Waals surface area contributed by atoms with Crippen molar-refractivity contribution in [3.63, 3.8) is 0 Å². The number of carbonyl (C=O) groups excluding carboxylic acids is 1. The van der Waals surface area contributed by atoms with Crippen molar-refractivity contribution < 1.29 is 14.3 Å². The minimum atomic E-state index is -0.191. The summed E-state index contributed by atoms with van der Waals surface area (Å²) in [6.45, 7) is 6.69. The highest BCUT2D eigenvalue weighted by atomic mass is 16.7. The van der Waals surface area contributed by atoms with E-state index in [4.69, 9.17) is 9.47 Å². The molecule has 0 saturated carbocycles. The smallest absolute Gasteiger partial charge is 0.228 e. The van der Waals surface area contributed by atoms with Gasteiger partial charge in [0.25, 0.3) is 0 Å². The third kappa shape index (κ3) is 3.16. The Bertz CT molecular complexity index is 185. The third-order valence-corrected chi connectivity index (χ3v) is 1.86. The molecular weight excluding hydrogens is 170 g/mol. The highest BCUT2D eigenvalue weighted by Gasteiger charge is 2.24. The van der Waals surface area contributed by atoms with Crippen molar-refractivity contribution in [3.05, 3.63) is 12.7 Å². The highest BCUT2D eigenvalue weighted by molar-refractivity contribution is 5.79. The topological polar surface area (TPSA) is 47.6 Å². The lowest BCUT2D eigenvalue weighted by atomic mass is 10.1. The third-order valence-electron chi connectivity index (χ3n) is 1.86. The minimum absolute atomic E-state index is 0.0354. The largest absolute Gasteiger partial charge is 0.352 e. The van der Waals surface area contributed by atoms with E-state index in [1.54, 1.807) is 6.08 Å². The Morgan fingerprint density at radius 1 is 1.62 bits per heavy atom. The lowest BCUT2D eigenvalue weighted by Crippen LogP contribution is -2.41.